The van der Waals surface area contributed by atoms with Gasteiger partial charge in [-0.1, -0.05) is 5.16 Å². The van der Waals surface area contributed by atoms with E-state index in [2.05, 4.69) is 5.16 Å². The third-order valence-electron chi connectivity index (χ3n) is 2.46. The van der Waals surface area contributed by atoms with E-state index in [9.17, 15) is 8.42 Å². The lowest BCUT2D eigenvalue weighted by molar-refractivity contribution is 0.168. The predicted molar refractivity (Wildman–Crippen MR) is 63.7 cm³/mol. The van der Waals surface area contributed by atoms with Gasteiger partial charge in [-0.15, -0.1) is 0 Å². The van der Waals surface area contributed by atoms with Crippen molar-refractivity contribution in [3.63, 3.8) is 0 Å². The topological polar surface area (TPSA) is 92.9 Å². The van der Waals surface area contributed by atoms with Crippen LogP contribution in [0.1, 0.15) is 11.5 Å². The molecule has 1 rings (SSSR count). The Kier molecular flexibility index (Phi) is 5.27. The molecule has 0 atom stereocenters. The lowest BCUT2D eigenvalue weighted by atomic mass is 10.4. The van der Waals surface area contributed by atoms with Crippen LogP contribution in [0, 0.1) is 13.8 Å². The van der Waals surface area contributed by atoms with Crippen LogP contribution in [0.25, 0.3) is 0 Å². The van der Waals surface area contributed by atoms with Gasteiger partial charge in [-0.3, -0.25) is 0 Å². The van der Waals surface area contributed by atoms with Crippen molar-refractivity contribution in [1.82, 2.24) is 9.46 Å². The maximum atomic E-state index is 12.4. The Balaban J connectivity index is 3.09. The van der Waals surface area contributed by atoms with Gasteiger partial charge in [-0.2, -0.15) is 4.31 Å². The van der Waals surface area contributed by atoms with Crippen molar-refractivity contribution in [1.29, 1.82) is 0 Å². The van der Waals surface area contributed by atoms with Crippen LogP contribution in [0.5, 0.6) is 0 Å². The number of aryl methyl sites for hydroxylation is 2. The first-order valence-electron chi connectivity index (χ1n) is 5.48. The van der Waals surface area contributed by atoms with Crippen molar-refractivity contribution in [2.24, 2.45) is 0 Å². The van der Waals surface area contributed by atoms with Crippen LogP contribution in [-0.4, -0.2) is 56.4 Å². The average Bonchev–Trinajstić information content (AvgIpc) is 2.64. The maximum absolute atomic E-state index is 12.4. The molecular formula is C10H18N2O5S. The first kappa shape index (κ1) is 15.1. The van der Waals surface area contributed by atoms with Gasteiger partial charge in [0.25, 0.3) is 0 Å². The van der Waals surface area contributed by atoms with Gasteiger partial charge >= 0.3 is 0 Å². The minimum absolute atomic E-state index is 0.00968. The van der Waals surface area contributed by atoms with E-state index in [0.717, 1.165) is 4.31 Å². The highest BCUT2D eigenvalue weighted by molar-refractivity contribution is 7.89. The van der Waals surface area contributed by atoms with E-state index in [0.29, 0.717) is 5.69 Å². The number of aliphatic hydroxyl groups excluding tert-OH is 1. The first-order valence-corrected chi connectivity index (χ1v) is 6.92. The van der Waals surface area contributed by atoms with Crippen molar-refractivity contribution in [2.75, 3.05) is 33.4 Å². The Morgan fingerprint density at radius 3 is 2.50 bits per heavy atom. The summed E-state index contributed by atoms with van der Waals surface area (Å²) in [6, 6.07) is 0. The second-order valence-electron chi connectivity index (χ2n) is 3.77. The van der Waals surface area contributed by atoms with Gasteiger partial charge in [0.15, 0.2) is 5.76 Å². The Morgan fingerprint density at radius 1 is 1.39 bits per heavy atom. The zero-order chi connectivity index (χ0) is 13.8. The Labute approximate surface area is 106 Å². The van der Waals surface area contributed by atoms with Crippen LogP contribution in [-0.2, 0) is 14.8 Å². The molecular weight excluding hydrogens is 260 g/mol. The number of sulfonamides is 1. The molecule has 0 fully saturated rings. The molecule has 0 bridgehead atoms. The van der Waals surface area contributed by atoms with Crippen LogP contribution < -0.4 is 0 Å². The smallest absolute Gasteiger partial charge is 0.248 e. The molecule has 18 heavy (non-hydrogen) atoms. The summed E-state index contributed by atoms with van der Waals surface area (Å²) >= 11 is 0. The van der Waals surface area contributed by atoms with E-state index in [4.69, 9.17) is 14.4 Å². The fourth-order valence-electron chi connectivity index (χ4n) is 1.63. The van der Waals surface area contributed by atoms with Crippen molar-refractivity contribution in [3.05, 3.63) is 11.5 Å². The number of aromatic nitrogens is 1. The van der Waals surface area contributed by atoms with E-state index < -0.39 is 10.0 Å². The van der Waals surface area contributed by atoms with Gasteiger partial charge in [-0.25, -0.2) is 8.42 Å². The van der Waals surface area contributed by atoms with Crippen molar-refractivity contribution in [3.8, 4) is 0 Å². The molecule has 1 N–H and O–H groups in total. The van der Waals surface area contributed by atoms with E-state index >= 15 is 0 Å². The molecule has 104 valence electrons. The molecule has 0 saturated heterocycles. The molecule has 0 radical (unpaired) electrons. The average molecular weight is 278 g/mol. The van der Waals surface area contributed by atoms with E-state index in [1.54, 1.807) is 13.8 Å². The van der Waals surface area contributed by atoms with Crippen molar-refractivity contribution < 1.29 is 22.8 Å². The Hall–Kier alpha value is -0.960. The second kappa shape index (κ2) is 6.28. The largest absolute Gasteiger partial charge is 0.395 e. The Bertz CT molecular complexity index is 463. The van der Waals surface area contributed by atoms with Gasteiger partial charge in [0, 0.05) is 20.2 Å². The summed E-state index contributed by atoms with van der Waals surface area (Å²) in [6.45, 7) is 3.28. The molecule has 7 nitrogen and oxygen atoms in total. The second-order valence-corrected chi connectivity index (χ2v) is 5.65. The molecule has 1 aromatic heterocycles. The van der Waals surface area contributed by atoms with Crippen LogP contribution >= 0.6 is 0 Å². The molecule has 8 heteroatoms. The normalized spacial score (nSPS) is 12.3. The highest BCUT2D eigenvalue weighted by atomic mass is 32.2. The molecule has 0 aromatic carbocycles. The van der Waals surface area contributed by atoms with E-state index in [1.165, 1.54) is 7.11 Å². The third-order valence-corrected chi connectivity index (χ3v) is 4.60. The van der Waals surface area contributed by atoms with Gasteiger partial charge < -0.3 is 14.4 Å². The zero-order valence-corrected chi connectivity index (χ0v) is 11.5. The van der Waals surface area contributed by atoms with Gasteiger partial charge in [0.1, 0.15) is 10.6 Å². The molecule has 0 aliphatic carbocycles. The quantitative estimate of drug-likeness (QED) is 0.750. The number of aliphatic hydroxyl groups is 1. The van der Waals surface area contributed by atoms with Gasteiger partial charge in [0.05, 0.1) is 13.2 Å². The molecule has 0 amide bonds. The monoisotopic (exact) mass is 278 g/mol. The minimum atomic E-state index is -3.72. The summed E-state index contributed by atoms with van der Waals surface area (Å²) in [5, 5.41) is 12.6. The molecule has 0 aliphatic rings. The number of methoxy groups -OCH3 is 1. The first-order chi connectivity index (χ1) is 8.45. The van der Waals surface area contributed by atoms with Crippen LogP contribution in [0.15, 0.2) is 9.42 Å². The van der Waals surface area contributed by atoms with Gasteiger partial charge in [-0.05, 0) is 13.8 Å². The summed E-state index contributed by atoms with van der Waals surface area (Å²) in [7, 11) is -2.23. The van der Waals surface area contributed by atoms with E-state index in [1.807, 2.05) is 0 Å². The third kappa shape index (κ3) is 3.08. The molecule has 0 saturated carbocycles. The number of nitrogens with zero attached hydrogens (tertiary/aromatic N) is 2. The minimum Gasteiger partial charge on any atom is -0.395 e. The molecule has 1 aromatic rings. The maximum Gasteiger partial charge on any atom is 0.248 e. The number of rotatable bonds is 7. The van der Waals surface area contributed by atoms with Crippen LogP contribution in [0.3, 0.4) is 0 Å². The highest BCUT2D eigenvalue weighted by Crippen LogP contribution is 2.22. The number of ether oxygens (including phenoxy) is 1. The Morgan fingerprint density at radius 2 is 2.06 bits per heavy atom. The summed E-state index contributed by atoms with van der Waals surface area (Å²) in [6.07, 6.45) is 0. The van der Waals surface area contributed by atoms with Crippen molar-refractivity contribution in [2.45, 2.75) is 18.7 Å². The summed E-state index contributed by atoms with van der Waals surface area (Å²) in [4.78, 5) is 0.0621. The summed E-state index contributed by atoms with van der Waals surface area (Å²) in [5.74, 6) is 0.243. The molecule has 0 unspecified atom stereocenters. The molecule has 0 aliphatic heterocycles. The summed E-state index contributed by atoms with van der Waals surface area (Å²) < 4.78 is 35.7. The van der Waals surface area contributed by atoms with Gasteiger partial charge in [0.2, 0.25) is 10.0 Å². The van der Waals surface area contributed by atoms with E-state index in [-0.39, 0.29) is 37.0 Å². The molecule has 1 heterocycles. The zero-order valence-electron chi connectivity index (χ0n) is 10.7. The summed E-state index contributed by atoms with van der Waals surface area (Å²) in [5.41, 5.74) is 0.313. The predicted octanol–water partition coefficient (Wildman–Crippen LogP) is -0.0792. The molecule has 0 spiro atoms. The fourth-order valence-corrected chi connectivity index (χ4v) is 3.33. The number of hydrogen-bond donors (Lipinski definition) is 1. The SMILES string of the molecule is COCCN(CCO)S(=O)(=O)c1c(C)noc1C. The van der Waals surface area contributed by atoms with Crippen LogP contribution in [0.4, 0.5) is 0 Å². The standard InChI is InChI=1S/C10H18N2O5S/c1-8-10(9(2)17-11-8)18(14,15)12(4-6-13)5-7-16-3/h13H,4-7H2,1-3H3. The lowest BCUT2D eigenvalue weighted by Crippen LogP contribution is -2.36. The number of hydrogen-bond acceptors (Lipinski definition) is 6. The van der Waals surface area contributed by atoms with Crippen molar-refractivity contribution >= 4 is 10.0 Å². The highest BCUT2D eigenvalue weighted by Gasteiger charge is 2.30. The van der Waals surface area contributed by atoms with Crippen LogP contribution in [0.2, 0.25) is 0 Å². The fraction of sp³-hybridized carbons (Fsp3) is 0.700. The lowest BCUT2D eigenvalue weighted by Gasteiger charge is -2.20.